The Labute approximate surface area is 91.0 Å². The maximum absolute atomic E-state index is 11.6. The Balaban J connectivity index is 2.72. The number of H-pyrrole nitrogens is 1. The first kappa shape index (κ1) is 10.6. The van der Waals surface area contributed by atoms with Gasteiger partial charge < -0.3 is 5.11 Å². The maximum atomic E-state index is 11.6. The van der Waals surface area contributed by atoms with Crippen LogP contribution >= 0.6 is 0 Å². The van der Waals surface area contributed by atoms with E-state index in [9.17, 15) is 9.59 Å². The third kappa shape index (κ3) is 1.77. The number of aliphatic hydroxyl groups excluding tert-OH is 1. The first-order chi connectivity index (χ1) is 7.74. The van der Waals surface area contributed by atoms with Gasteiger partial charge in [0, 0.05) is 13.2 Å². The molecule has 5 nitrogen and oxygen atoms in total. The molecule has 0 bridgehead atoms. The number of aryl methyl sites for hydroxylation is 1. The number of fused-ring (bicyclic) bond motifs is 1. The molecule has 0 aliphatic rings. The second-order valence-electron chi connectivity index (χ2n) is 3.51. The van der Waals surface area contributed by atoms with Crippen LogP contribution in [0.2, 0.25) is 0 Å². The van der Waals surface area contributed by atoms with Gasteiger partial charge in [0.25, 0.3) is 5.56 Å². The molecule has 0 fully saturated rings. The van der Waals surface area contributed by atoms with E-state index >= 15 is 0 Å². The molecule has 0 spiro atoms. The van der Waals surface area contributed by atoms with Crippen molar-refractivity contribution in [2.24, 2.45) is 0 Å². The van der Waals surface area contributed by atoms with E-state index in [1.807, 2.05) is 0 Å². The number of aliphatic hydroxyl groups is 1. The number of aromatic nitrogens is 2. The largest absolute Gasteiger partial charge is 0.396 e. The summed E-state index contributed by atoms with van der Waals surface area (Å²) < 4.78 is 1.47. The van der Waals surface area contributed by atoms with Gasteiger partial charge in [0.15, 0.2) is 0 Å². The van der Waals surface area contributed by atoms with Crippen molar-refractivity contribution in [2.45, 2.75) is 13.0 Å². The van der Waals surface area contributed by atoms with E-state index in [0.29, 0.717) is 23.9 Å². The highest BCUT2D eigenvalue weighted by molar-refractivity contribution is 5.77. The molecular formula is C11H12N2O3. The van der Waals surface area contributed by atoms with Crippen LogP contribution in [-0.4, -0.2) is 21.3 Å². The van der Waals surface area contributed by atoms with Crippen molar-refractivity contribution < 1.29 is 5.11 Å². The summed E-state index contributed by atoms with van der Waals surface area (Å²) in [5.41, 5.74) is -0.206. The van der Waals surface area contributed by atoms with E-state index in [1.165, 1.54) is 4.57 Å². The maximum Gasteiger partial charge on any atom is 0.328 e. The van der Waals surface area contributed by atoms with Gasteiger partial charge in [-0.05, 0) is 18.6 Å². The highest BCUT2D eigenvalue weighted by Gasteiger charge is 2.05. The standard InChI is InChI=1S/C11H12N2O3/c14-7-3-6-13-9-5-2-1-4-8(9)10(15)12-11(13)16/h1-2,4-5,14H,3,6-7H2,(H,12,15,16). The van der Waals surface area contributed by atoms with Crippen molar-refractivity contribution >= 4 is 10.9 Å². The molecule has 0 atom stereocenters. The summed E-state index contributed by atoms with van der Waals surface area (Å²) in [5.74, 6) is 0. The number of hydrogen-bond acceptors (Lipinski definition) is 3. The lowest BCUT2D eigenvalue weighted by Gasteiger charge is -2.07. The number of para-hydroxylation sites is 1. The Bertz CT molecular complexity index is 612. The zero-order chi connectivity index (χ0) is 11.5. The van der Waals surface area contributed by atoms with Crippen molar-refractivity contribution in [1.29, 1.82) is 0 Å². The SMILES string of the molecule is O=c1[nH]c(=O)n(CCCO)c2ccccc12. The minimum atomic E-state index is -0.433. The molecule has 0 aliphatic carbocycles. The molecular weight excluding hydrogens is 208 g/mol. The molecule has 0 radical (unpaired) electrons. The van der Waals surface area contributed by atoms with Crippen molar-refractivity contribution in [1.82, 2.24) is 9.55 Å². The molecule has 2 aromatic rings. The van der Waals surface area contributed by atoms with Gasteiger partial charge >= 0.3 is 5.69 Å². The van der Waals surface area contributed by atoms with Gasteiger partial charge in [-0.2, -0.15) is 0 Å². The van der Waals surface area contributed by atoms with Crippen molar-refractivity contribution in [3.63, 3.8) is 0 Å². The van der Waals surface area contributed by atoms with Crippen LogP contribution in [0.3, 0.4) is 0 Å². The molecule has 0 aliphatic heterocycles. The minimum Gasteiger partial charge on any atom is -0.396 e. The third-order valence-electron chi connectivity index (χ3n) is 2.44. The van der Waals surface area contributed by atoms with Gasteiger partial charge in [0.1, 0.15) is 0 Å². The second-order valence-corrected chi connectivity index (χ2v) is 3.51. The first-order valence-electron chi connectivity index (χ1n) is 5.07. The normalized spacial score (nSPS) is 10.8. The van der Waals surface area contributed by atoms with Crippen molar-refractivity contribution in [3.05, 3.63) is 45.1 Å². The molecule has 0 saturated carbocycles. The van der Waals surface area contributed by atoms with Gasteiger partial charge in [-0.3, -0.25) is 14.3 Å². The average molecular weight is 220 g/mol. The van der Waals surface area contributed by atoms with Gasteiger partial charge in [-0.25, -0.2) is 4.79 Å². The summed E-state index contributed by atoms with van der Waals surface area (Å²) in [6.45, 7) is 0.409. The Morgan fingerprint density at radius 1 is 1.25 bits per heavy atom. The van der Waals surface area contributed by atoms with E-state index in [-0.39, 0.29) is 12.2 Å². The quantitative estimate of drug-likeness (QED) is 0.768. The van der Waals surface area contributed by atoms with E-state index in [1.54, 1.807) is 24.3 Å². The number of rotatable bonds is 3. The van der Waals surface area contributed by atoms with Crippen LogP contribution in [0.1, 0.15) is 6.42 Å². The molecule has 1 heterocycles. The summed E-state index contributed by atoms with van der Waals surface area (Å²) in [5, 5.41) is 9.24. The molecule has 0 saturated heterocycles. The topological polar surface area (TPSA) is 75.1 Å². The van der Waals surface area contributed by atoms with E-state index in [4.69, 9.17) is 5.11 Å². The van der Waals surface area contributed by atoms with Crippen LogP contribution in [0.5, 0.6) is 0 Å². The molecule has 2 rings (SSSR count). The Morgan fingerprint density at radius 2 is 2.00 bits per heavy atom. The first-order valence-corrected chi connectivity index (χ1v) is 5.07. The predicted molar refractivity (Wildman–Crippen MR) is 60.5 cm³/mol. The number of nitrogens with one attached hydrogen (secondary N) is 1. The Hall–Kier alpha value is -1.88. The lowest BCUT2D eigenvalue weighted by molar-refractivity contribution is 0.279. The van der Waals surface area contributed by atoms with Crippen LogP contribution in [0.15, 0.2) is 33.9 Å². The molecule has 84 valence electrons. The minimum absolute atomic E-state index is 0.0138. The highest BCUT2D eigenvalue weighted by Crippen LogP contribution is 2.06. The molecule has 0 unspecified atom stereocenters. The number of aromatic amines is 1. The monoisotopic (exact) mass is 220 g/mol. The summed E-state index contributed by atoms with van der Waals surface area (Å²) in [6.07, 6.45) is 0.482. The van der Waals surface area contributed by atoms with Crippen molar-refractivity contribution in [2.75, 3.05) is 6.61 Å². The third-order valence-corrected chi connectivity index (χ3v) is 2.44. The number of benzene rings is 1. The molecule has 16 heavy (non-hydrogen) atoms. The van der Waals surface area contributed by atoms with Crippen LogP contribution < -0.4 is 11.2 Å². The van der Waals surface area contributed by atoms with Crippen LogP contribution in [0.25, 0.3) is 10.9 Å². The van der Waals surface area contributed by atoms with Crippen LogP contribution in [0.4, 0.5) is 0 Å². The molecule has 1 aromatic heterocycles. The van der Waals surface area contributed by atoms with Gasteiger partial charge in [-0.15, -0.1) is 0 Å². The van der Waals surface area contributed by atoms with Gasteiger partial charge in [0.05, 0.1) is 10.9 Å². The Kier molecular flexibility index (Phi) is 2.87. The predicted octanol–water partition coefficient (Wildman–Crippen LogP) is 0.0722. The molecule has 2 N–H and O–H groups in total. The number of hydrogen-bond donors (Lipinski definition) is 2. The summed E-state index contributed by atoms with van der Waals surface area (Å²) in [6, 6.07) is 6.92. The van der Waals surface area contributed by atoms with Crippen LogP contribution in [-0.2, 0) is 6.54 Å². The van der Waals surface area contributed by atoms with Gasteiger partial charge in [-0.1, -0.05) is 12.1 Å². The summed E-state index contributed by atoms with van der Waals surface area (Å²) in [4.78, 5) is 25.4. The second kappa shape index (κ2) is 4.32. The fourth-order valence-corrected chi connectivity index (χ4v) is 1.69. The molecule has 0 amide bonds. The fourth-order valence-electron chi connectivity index (χ4n) is 1.69. The zero-order valence-corrected chi connectivity index (χ0v) is 8.64. The Morgan fingerprint density at radius 3 is 2.75 bits per heavy atom. The fraction of sp³-hybridized carbons (Fsp3) is 0.273. The lowest BCUT2D eigenvalue weighted by Crippen LogP contribution is -2.30. The zero-order valence-electron chi connectivity index (χ0n) is 8.64. The van der Waals surface area contributed by atoms with Crippen LogP contribution in [0, 0.1) is 0 Å². The van der Waals surface area contributed by atoms with Crippen molar-refractivity contribution in [3.8, 4) is 0 Å². The molecule has 5 heteroatoms. The molecule has 1 aromatic carbocycles. The highest BCUT2D eigenvalue weighted by atomic mass is 16.3. The lowest BCUT2D eigenvalue weighted by atomic mass is 10.2. The van der Waals surface area contributed by atoms with E-state index < -0.39 is 5.69 Å². The summed E-state index contributed by atoms with van der Waals surface area (Å²) >= 11 is 0. The smallest absolute Gasteiger partial charge is 0.328 e. The summed E-state index contributed by atoms with van der Waals surface area (Å²) in [7, 11) is 0. The van der Waals surface area contributed by atoms with Gasteiger partial charge in [0.2, 0.25) is 0 Å². The number of nitrogens with zero attached hydrogens (tertiary/aromatic N) is 1. The van der Waals surface area contributed by atoms with E-state index in [2.05, 4.69) is 4.98 Å². The van der Waals surface area contributed by atoms with E-state index in [0.717, 1.165) is 0 Å². The average Bonchev–Trinajstić information content (AvgIpc) is 2.29.